The van der Waals surface area contributed by atoms with E-state index in [-0.39, 0.29) is 35.5 Å². The number of halogens is 1. The molecule has 0 unspecified atom stereocenters. The van der Waals surface area contributed by atoms with Gasteiger partial charge in [-0.05, 0) is 18.2 Å². The van der Waals surface area contributed by atoms with Crippen molar-refractivity contribution >= 4 is 33.2 Å². The minimum atomic E-state index is -3.79. The summed E-state index contributed by atoms with van der Waals surface area (Å²) in [6.07, 6.45) is 0. The number of sulfonamides is 1. The van der Waals surface area contributed by atoms with E-state index in [0.29, 0.717) is 5.69 Å². The molecule has 1 heterocycles. The Labute approximate surface area is 110 Å². The third-order valence-corrected chi connectivity index (χ3v) is 4.90. The molecule has 6 nitrogen and oxygen atoms in total. The molecule has 3 N–H and O–H groups in total. The molecule has 1 aliphatic heterocycles. The van der Waals surface area contributed by atoms with Crippen LogP contribution >= 0.6 is 11.6 Å². The molecule has 1 aromatic rings. The topological polar surface area (TPSA) is 92.5 Å². The molecule has 98 valence electrons. The number of nitrogens with one attached hydrogen (secondary N) is 1. The quantitative estimate of drug-likeness (QED) is 0.752. The molecule has 1 aromatic carbocycles. The molecule has 0 aromatic heterocycles. The highest BCUT2D eigenvalue weighted by atomic mass is 35.5. The fourth-order valence-corrected chi connectivity index (χ4v) is 3.58. The van der Waals surface area contributed by atoms with E-state index in [2.05, 4.69) is 5.32 Å². The van der Waals surface area contributed by atoms with Crippen LogP contribution in [0.3, 0.4) is 0 Å². The molecule has 1 saturated heterocycles. The average Bonchev–Trinajstić information content (AvgIpc) is 2.32. The van der Waals surface area contributed by atoms with Crippen LogP contribution in [0.25, 0.3) is 0 Å². The maximum atomic E-state index is 12.3. The zero-order valence-electron chi connectivity index (χ0n) is 9.39. The second kappa shape index (κ2) is 4.75. The second-order valence-corrected chi connectivity index (χ2v) is 6.19. The monoisotopic (exact) mass is 289 g/mol. The van der Waals surface area contributed by atoms with Crippen LogP contribution in [0.2, 0.25) is 5.02 Å². The third-order valence-electron chi connectivity index (χ3n) is 2.58. The zero-order valence-corrected chi connectivity index (χ0v) is 11.0. The predicted molar refractivity (Wildman–Crippen MR) is 67.6 cm³/mol. The number of nitrogen functional groups attached to an aromatic ring is 1. The highest BCUT2D eigenvalue weighted by molar-refractivity contribution is 7.89. The first kappa shape index (κ1) is 13.1. The standard InChI is InChI=1S/C10H12ClN3O3S/c11-8-2-1-7(12)5-9(8)18(16,17)14-4-3-13-10(15)6-14/h1-2,5H,3-4,6,12H2,(H,13,15). The van der Waals surface area contributed by atoms with Crippen molar-refractivity contribution in [2.24, 2.45) is 0 Å². The van der Waals surface area contributed by atoms with Crippen LogP contribution in [0.4, 0.5) is 5.69 Å². The largest absolute Gasteiger partial charge is 0.399 e. The maximum Gasteiger partial charge on any atom is 0.245 e. The second-order valence-electron chi connectivity index (χ2n) is 3.88. The lowest BCUT2D eigenvalue weighted by Crippen LogP contribution is -2.49. The van der Waals surface area contributed by atoms with Crippen LogP contribution in [0.1, 0.15) is 0 Å². The molecule has 0 atom stereocenters. The molecule has 2 rings (SSSR count). The van der Waals surface area contributed by atoms with E-state index in [1.807, 2.05) is 0 Å². The number of carbonyl (C=O) groups excluding carboxylic acids is 1. The Morgan fingerprint density at radius 2 is 2.11 bits per heavy atom. The summed E-state index contributed by atoms with van der Waals surface area (Å²) in [5, 5.41) is 2.65. The molecule has 1 aliphatic rings. The van der Waals surface area contributed by atoms with E-state index >= 15 is 0 Å². The van der Waals surface area contributed by atoms with Gasteiger partial charge in [0.05, 0.1) is 11.6 Å². The van der Waals surface area contributed by atoms with Crippen molar-refractivity contribution in [2.75, 3.05) is 25.4 Å². The van der Waals surface area contributed by atoms with E-state index in [4.69, 9.17) is 17.3 Å². The average molecular weight is 290 g/mol. The van der Waals surface area contributed by atoms with E-state index in [0.717, 1.165) is 4.31 Å². The number of nitrogens with two attached hydrogens (primary N) is 1. The van der Waals surface area contributed by atoms with Gasteiger partial charge in [0, 0.05) is 18.8 Å². The summed E-state index contributed by atoms with van der Waals surface area (Å²) >= 11 is 5.87. The van der Waals surface area contributed by atoms with E-state index in [1.54, 1.807) is 0 Å². The Balaban J connectivity index is 2.41. The van der Waals surface area contributed by atoms with Gasteiger partial charge in [0.2, 0.25) is 15.9 Å². The summed E-state index contributed by atoms with van der Waals surface area (Å²) < 4.78 is 25.7. The van der Waals surface area contributed by atoms with Crippen molar-refractivity contribution < 1.29 is 13.2 Å². The summed E-state index contributed by atoms with van der Waals surface area (Å²) in [5.41, 5.74) is 5.87. The Hall–Kier alpha value is -1.31. The van der Waals surface area contributed by atoms with Gasteiger partial charge in [-0.2, -0.15) is 4.31 Å². The first-order valence-corrected chi connectivity index (χ1v) is 7.05. The van der Waals surface area contributed by atoms with Crippen molar-refractivity contribution in [3.63, 3.8) is 0 Å². The molecule has 18 heavy (non-hydrogen) atoms. The van der Waals surface area contributed by atoms with Crippen LogP contribution in [-0.2, 0) is 14.8 Å². The summed E-state index contributed by atoms with van der Waals surface area (Å²) in [6, 6.07) is 4.24. The molecular weight excluding hydrogens is 278 g/mol. The molecule has 0 bridgehead atoms. The first-order valence-electron chi connectivity index (χ1n) is 5.23. The Bertz CT molecular complexity index is 588. The van der Waals surface area contributed by atoms with E-state index in [9.17, 15) is 13.2 Å². The van der Waals surface area contributed by atoms with Gasteiger partial charge in [-0.1, -0.05) is 11.6 Å². The lowest BCUT2D eigenvalue weighted by atomic mass is 10.3. The van der Waals surface area contributed by atoms with Crippen LogP contribution in [0.5, 0.6) is 0 Å². The zero-order chi connectivity index (χ0) is 13.3. The van der Waals surface area contributed by atoms with Crippen LogP contribution < -0.4 is 11.1 Å². The SMILES string of the molecule is Nc1ccc(Cl)c(S(=O)(=O)N2CCNC(=O)C2)c1. The Morgan fingerprint density at radius 3 is 2.78 bits per heavy atom. The Kier molecular flexibility index (Phi) is 3.47. The highest BCUT2D eigenvalue weighted by Crippen LogP contribution is 2.26. The minimum Gasteiger partial charge on any atom is -0.399 e. The molecule has 1 fully saturated rings. The number of hydrogen-bond acceptors (Lipinski definition) is 4. The Morgan fingerprint density at radius 1 is 1.39 bits per heavy atom. The molecule has 8 heteroatoms. The van der Waals surface area contributed by atoms with Gasteiger partial charge in [0.25, 0.3) is 0 Å². The minimum absolute atomic E-state index is 0.0705. The fourth-order valence-electron chi connectivity index (χ4n) is 1.68. The van der Waals surface area contributed by atoms with Crippen molar-refractivity contribution in [1.82, 2.24) is 9.62 Å². The van der Waals surface area contributed by atoms with Crippen molar-refractivity contribution in [1.29, 1.82) is 0 Å². The van der Waals surface area contributed by atoms with Crippen molar-refractivity contribution in [3.05, 3.63) is 23.2 Å². The number of amides is 1. The van der Waals surface area contributed by atoms with E-state index in [1.165, 1.54) is 18.2 Å². The van der Waals surface area contributed by atoms with Gasteiger partial charge >= 0.3 is 0 Å². The number of anilines is 1. The molecule has 1 amide bonds. The normalized spacial score (nSPS) is 17.5. The number of rotatable bonds is 2. The number of hydrogen-bond donors (Lipinski definition) is 2. The molecular formula is C10H12ClN3O3S. The highest BCUT2D eigenvalue weighted by Gasteiger charge is 2.30. The number of piperazine rings is 1. The lowest BCUT2D eigenvalue weighted by molar-refractivity contribution is -0.122. The fraction of sp³-hybridized carbons (Fsp3) is 0.300. The van der Waals surface area contributed by atoms with Gasteiger partial charge in [-0.3, -0.25) is 4.79 Å². The number of benzene rings is 1. The molecule has 0 radical (unpaired) electrons. The van der Waals surface area contributed by atoms with Crippen molar-refractivity contribution in [2.45, 2.75) is 4.90 Å². The van der Waals surface area contributed by atoms with Gasteiger partial charge < -0.3 is 11.1 Å². The lowest BCUT2D eigenvalue weighted by Gasteiger charge is -2.26. The van der Waals surface area contributed by atoms with Crippen LogP contribution in [0, 0.1) is 0 Å². The van der Waals surface area contributed by atoms with Crippen LogP contribution in [0.15, 0.2) is 23.1 Å². The summed E-state index contributed by atoms with van der Waals surface area (Å²) in [5.74, 6) is -0.329. The number of carbonyl (C=O) groups is 1. The molecule has 0 aliphatic carbocycles. The summed E-state index contributed by atoms with van der Waals surface area (Å²) in [6.45, 7) is 0.310. The molecule has 0 saturated carbocycles. The van der Waals surface area contributed by atoms with Gasteiger partial charge in [-0.15, -0.1) is 0 Å². The van der Waals surface area contributed by atoms with Gasteiger partial charge in [0.15, 0.2) is 0 Å². The predicted octanol–water partition coefficient (Wildman–Crippen LogP) is 0.0427. The van der Waals surface area contributed by atoms with Gasteiger partial charge in [-0.25, -0.2) is 8.42 Å². The van der Waals surface area contributed by atoms with Crippen molar-refractivity contribution in [3.8, 4) is 0 Å². The smallest absolute Gasteiger partial charge is 0.245 e. The first-order chi connectivity index (χ1) is 8.41. The van der Waals surface area contributed by atoms with Gasteiger partial charge in [0.1, 0.15) is 4.90 Å². The maximum absolute atomic E-state index is 12.3. The summed E-state index contributed by atoms with van der Waals surface area (Å²) in [4.78, 5) is 11.2. The van der Waals surface area contributed by atoms with Crippen LogP contribution in [-0.4, -0.2) is 38.3 Å². The third kappa shape index (κ3) is 2.43. The molecule has 0 spiro atoms. The van der Waals surface area contributed by atoms with E-state index < -0.39 is 10.0 Å². The summed E-state index contributed by atoms with van der Waals surface area (Å²) in [7, 11) is -3.79. The number of nitrogens with zero attached hydrogens (tertiary/aromatic N) is 1.